The highest BCUT2D eigenvalue weighted by Crippen LogP contribution is 2.14. The van der Waals surface area contributed by atoms with Gasteiger partial charge in [0.1, 0.15) is 6.61 Å². The van der Waals surface area contributed by atoms with Crippen molar-refractivity contribution < 1.29 is 4.74 Å². The maximum atomic E-state index is 5.56. The highest BCUT2D eigenvalue weighted by atomic mass is 32.1. The quantitative estimate of drug-likeness (QED) is 0.835. The molecule has 0 amide bonds. The van der Waals surface area contributed by atoms with E-state index in [1.165, 1.54) is 4.88 Å². The lowest BCUT2D eigenvalue weighted by molar-refractivity contribution is 0.309. The van der Waals surface area contributed by atoms with Gasteiger partial charge in [0.25, 0.3) is 0 Å². The predicted molar refractivity (Wildman–Crippen MR) is 59.9 cm³/mol. The number of hydrogen-bond donors (Lipinski definition) is 1. The average molecular weight is 223 g/mol. The van der Waals surface area contributed by atoms with Gasteiger partial charge in [-0.2, -0.15) is 5.10 Å². The van der Waals surface area contributed by atoms with Crippen LogP contribution in [0.1, 0.15) is 4.88 Å². The lowest BCUT2D eigenvalue weighted by Crippen LogP contribution is -2.09. The second-order valence-electron chi connectivity index (χ2n) is 3.10. The Labute approximate surface area is 92.3 Å². The topological polar surface area (TPSA) is 53.1 Å². The van der Waals surface area contributed by atoms with Gasteiger partial charge in [-0.05, 0) is 11.4 Å². The Morgan fingerprint density at radius 3 is 3.20 bits per heavy atom. The summed E-state index contributed by atoms with van der Waals surface area (Å²) >= 11 is 1.69. The van der Waals surface area contributed by atoms with Crippen LogP contribution in [0.2, 0.25) is 0 Å². The largest absolute Gasteiger partial charge is 0.485 e. The smallest absolute Gasteiger partial charge is 0.157 e. The first-order chi connectivity index (χ1) is 7.38. The maximum absolute atomic E-state index is 5.56. The molecule has 0 aliphatic heterocycles. The van der Waals surface area contributed by atoms with Gasteiger partial charge in [-0.15, -0.1) is 11.3 Å². The summed E-state index contributed by atoms with van der Waals surface area (Å²) in [6, 6.07) is 4.07. The molecule has 15 heavy (non-hydrogen) atoms. The lowest BCUT2D eigenvalue weighted by Gasteiger charge is -1.99. The summed E-state index contributed by atoms with van der Waals surface area (Å²) in [6.45, 7) is 1.92. The van der Waals surface area contributed by atoms with Gasteiger partial charge in [-0.1, -0.05) is 6.07 Å². The molecule has 0 saturated carbocycles. The molecule has 80 valence electrons. The van der Waals surface area contributed by atoms with E-state index in [-0.39, 0.29) is 0 Å². The highest BCUT2D eigenvalue weighted by molar-refractivity contribution is 7.09. The summed E-state index contributed by atoms with van der Waals surface area (Å²) in [5.41, 5.74) is 5.42. The fourth-order valence-corrected chi connectivity index (χ4v) is 1.84. The van der Waals surface area contributed by atoms with Crippen LogP contribution in [0.3, 0.4) is 0 Å². The predicted octanol–water partition coefficient (Wildman–Crippen LogP) is 1.48. The molecule has 2 heterocycles. The van der Waals surface area contributed by atoms with E-state index in [9.17, 15) is 0 Å². The second-order valence-corrected chi connectivity index (χ2v) is 4.13. The van der Waals surface area contributed by atoms with Gasteiger partial charge in [-0.25, -0.2) is 0 Å². The zero-order valence-corrected chi connectivity index (χ0v) is 9.11. The molecule has 0 saturated heterocycles. The summed E-state index contributed by atoms with van der Waals surface area (Å²) in [5, 5.41) is 6.16. The number of ether oxygens (including phenoxy) is 1. The minimum absolute atomic E-state index is 0.589. The van der Waals surface area contributed by atoms with Crippen LogP contribution in [0.15, 0.2) is 29.9 Å². The van der Waals surface area contributed by atoms with E-state index in [1.807, 2.05) is 17.6 Å². The summed E-state index contributed by atoms with van der Waals surface area (Å²) in [5.74, 6) is 0.789. The van der Waals surface area contributed by atoms with Crippen molar-refractivity contribution in [3.63, 3.8) is 0 Å². The molecule has 0 aliphatic rings. The Morgan fingerprint density at radius 1 is 1.53 bits per heavy atom. The minimum atomic E-state index is 0.589. The summed E-state index contributed by atoms with van der Waals surface area (Å²) in [6.07, 6.45) is 3.57. The summed E-state index contributed by atoms with van der Waals surface area (Å²) < 4.78 is 7.35. The lowest BCUT2D eigenvalue weighted by atomic mass is 10.5. The van der Waals surface area contributed by atoms with E-state index in [0.717, 1.165) is 12.3 Å². The molecule has 2 N–H and O–H groups in total. The third-order valence-corrected chi connectivity index (χ3v) is 2.78. The van der Waals surface area contributed by atoms with Gasteiger partial charge in [0, 0.05) is 11.4 Å². The summed E-state index contributed by atoms with van der Waals surface area (Å²) in [7, 11) is 0. The van der Waals surface area contributed by atoms with E-state index in [1.54, 1.807) is 22.2 Å². The average Bonchev–Trinajstić information content (AvgIpc) is 2.85. The summed E-state index contributed by atoms with van der Waals surface area (Å²) in [4.78, 5) is 1.21. The Bertz CT molecular complexity index is 396. The van der Waals surface area contributed by atoms with Gasteiger partial charge in [0.15, 0.2) is 5.75 Å². The number of aromatic nitrogens is 2. The molecule has 0 aliphatic carbocycles. The Balaban J connectivity index is 1.88. The van der Waals surface area contributed by atoms with Crippen LogP contribution in [-0.2, 0) is 13.2 Å². The minimum Gasteiger partial charge on any atom is -0.485 e. The molecular formula is C10H13N3OS. The van der Waals surface area contributed by atoms with Gasteiger partial charge in [0.2, 0.25) is 0 Å². The molecule has 0 radical (unpaired) electrons. The van der Waals surface area contributed by atoms with E-state index in [2.05, 4.69) is 11.2 Å². The first-order valence-electron chi connectivity index (χ1n) is 4.76. The molecular weight excluding hydrogens is 210 g/mol. The van der Waals surface area contributed by atoms with E-state index >= 15 is 0 Å². The monoisotopic (exact) mass is 223 g/mol. The normalized spacial score (nSPS) is 10.5. The fourth-order valence-electron chi connectivity index (χ4n) is 1.22. The van der Waals surface area contributed by atoms with Crippen molar-refractivity contribution in [2.75, 3.05) is 6.54 Å². The zero-order valence-electron chi connectivity index (χ0n) is 8.30. The van der Waals surface area contributed by atoms with Crippen molar-refractivity contribution in [3.05, 3.63) is 34.8 Å². The van der Waals surface area contributed by atoms with Crippen LogP contribution in [0.5, 0.6) is 5.75 Å². The van der Waals surface area contributed by atoms with Crippen molar-refractivity contribution in [1.29, 1.82) is 0 Å². The molecule has 0 fully saturated rings. The number of nitrogens with zero attached hydrogens (tertiary/aromatic N) is 2. The fraction of sp³-hybridized carbons (Fsp3) is 0.300. The molecule has 0 unspecified atom stereocenters. The Kier molecular flexibility index (Phi) is 3.37. The first-order valence-corrected chi connectivity index (χ1v) is 5.64. The van der Waals surface area contributed by atoms with Crippen LogP contribution >= 0.6 is 11.3 Å². The van der Waals surface area contributed by atoms with Crippen molar-refractivity contribution >= 4 is 11.3 Å². The van der Waals surface area contributed by atoms with Crippen LogP contribution in [0.25, 0.3) is 0 Å². The van der Waals surface area contributed by atoms with Crippen molar-refractivity contribution in [2.24, 2.45) is 5.73 Å². The third kappa shape index (κ3) is 2.81. The second kappa shape index (κ2) is 4.95. The molecule has 0 atom stereocenters. The van der Waals surface area contributed by atoms with Gasteiger partial charge in [-0.3, -0.25) is 4.68 Å². The van der Waals surface area contributed by atoms with Gasteiger partial charge in [0.05, 0.1) is 18.9 Å². The van der Waals surface area contributed by atoms with Crippen LogP contribution in [0, 0.1) is 0 Å². The van der Waals surface area contributed by atoms with Crippen molar-refractivity contribution in [3.8, 4) is 5.75 Å². The maximum Gasteiger partial charge on any atom is 0.157 e. The first kappa shape index (κ1) is 10.2. The number of hydrogen-bond acceptors (Lipinski definition) is 4. The van der Waals surface area contributed by atoms with E-state index in [4.69, 9.17) is 10.5 Å². The Hall–Kier alpha value is -1.33. The standard InChI is InChI=1S/C10H13N3OS/c11-3-4-13-7-9(6-12-13)14-8-10-2-1-5-15-10/h1-2,5-7H,3-4,8,11H2. The molecule has 5 heteroatoms. The molecule has 0 aromatic carbocycles. The molecule has 2 aromatic rings. The van der Waals surface area contributed by atoms with E-state index in [0.29, 0.717) is 13.2 Å². The molecule has 2 rings (SSSR count). The van der Waals surface area contributed by atoms with Gasteiger partial charge >= 0.3 is 0 Å². The number of thiophene rings is 1. The molecule has 0 spiro atoms. The third-order valence-electron chi connectivity index (χ3n) is 1.93. The number of rotatable bonds is 5. The highest BCUT2D eigenvalue weighted by Gasteiger charge is 1.99. The zero-order chi connectivity index (χ0) is 10.5. The Morgan fingerprint density at radius 2 is 2.47 bits per heavy atom. The van der Waals surface area contributed by atoms with Crippen molar-refractivity contribution in [2.45, 2.75) is 13.2 Å². The van der Waals surface area contributed by atoms with Crippen LogP contribution in [0.4, 0.5) is 0 Å². The van der Waals surface area contributed by atoms with Crippen molar-refractivity contribution in [1.82, 2.24) is 9.78 Å². The van der Waals surface area contributed by atoms with E-state index < -0.39 is 0 Å². The van der Waals surface area contributed by atoms with Crippen LogP contribution in [-0.4, -0.2) is 16.3 Å². The van der Waals surface area contributed by atoms with Crippen LogP contribution < -0.4 is 10.5 Å². The molecule has 2 aromatic heterocycles. The SMILES string of the molecule is NCCn1cc(OCc2cccs2)cn1. The molecule has 4 nitrogen and oxygen atoms in total. The number of nitrogens with two attached hydrogens (primary N) is 1. The van der Waals surface area contributed by atoms with Gasteiger partial charge < -0.3 is 10.5 Å². The molecule has 0 bridgehead atoms.